The van der Waals surface area contributed by atoms with Crippen LogP contribution in [0, 0.1) is 15.9 Å². The molecule has 2 aromatic carbocycles. The number of nitrogens with one attached hydrogen (secondary N) is 1. The van der Waals surface area contributed by atoms with E-state index in [0.29, 0.717) is 10.2 Å². The quantitative estimate of drug-likeness (QED) is 0.382. The zero-order valence-corrected chi connectivity index (χ0v) is 15.2. The number of nitrogens with zero attached hydrogens (tertiary/aromatic N) is 4. The van der Waals surface area contributed by atoms with Crippen LogP contribution in [-0.2, 0) is 6.18 Å². The molecule has 0 aliphatic rings. The van der Waals surface area contributed by atoms with Gasteiger partial charge in [0.25, 0.3) is 11.6 Å². The van der Waals surface area contributed by atoms with Crippen LogP contribution in [-0.4, -0.2) is 25.8 Å². The summed E-state index contributed by atoms with van der Waals surface area (Å²) < 4.78 is 54.7. The maximum atomic E-state index is 13.6. The number of nitro groups is 1. The molecule has 1 amide bonds. The Morgan fingerprint density at radius 1 is 1.20 bits per heavy atom. The molecule has 0 aliphatic carbocycles. The second-order valence-electron chi connectivity index (χ2n) is 6.22. The molecule has 0 bridgehead atoms. The summed E-state index contributed by atoms with van der Waals surface area (Å²) in [6.07, 6.45) is -5.02. The number of alkyl halides is 3. The number of benzene rings is 2. The van der Waals surface area contributed by atoms with Gasteiger partial charge in [-0.05, 0) is 30.7 Å². The van der Waals surface area contributed by atoms with Crippen molar-refractivity contribution in [2.45, 2.75) is 19.1 Å². The van der Waals surface area contributed by atoms with Crippen molar-refractivity contribution in [3.63, 3.8) is 0 Å². The fourth-order valence-corrected chi connectivity index (χ4v) is 2.73. The number of aromatic nitrogens is 3. The molecule has 12 heteroatoms. The largest absolute Gasteiger partial charge is 0.435 e. The van der Waals surface area contributed by atoms with Crippen LogP contribution in [0.3, 0.4) is 0 Å². The average Bonchev–Trinajstić information content (AvgIpc) is 3.14. The third-order valence-corrected chi connectivity index (χ3v) is 4.14. The summed E-state index contributed by atoms with van der Waals surface area (Å²) in [4.78, 5) is 22.7. The van der Waals surface area contributed by atoms with Crippen molar-refractivity contribution in [1.82, 2.24) is 20.3 Å². The molecule has 1 N–H and O–H groups in total. The monoisotopic (exact) mass is 423 g/mol. The van der Waals surface area contributed by atoms with Crippen molar-refractivity contribution in [3.8, 4) is 5.69 Å². The smallest absolute Gasteiger partial charge is 0.344 e. The van der Waals surface area contributed by atoms with Crippen LogP contribution in [0.2, 0.25) is 0 Å². The summed E-state index contributed by atoms with van der Waals surface area (Å²) in [6.45, 7) is 1.45. The number of rotatable bonds is 5. The number of carbonyl (C=O) groups is 1. The molecule has 156 valence electrons. The molecule has 3 rings (SSSR count). The molecule has 30 heavy (non-hydrogen) atoms. The number of hydrogen-bond acceptors (Lipinski definition) is 5. The summed E-state index contributed by atoms with van der Waals surface area (Å²) in [5, 5.41) is 19.9. The standard InChI is InChI=1S/C18H13F4N5O3/c1-10(11-4-2-7-14(8-11)27(29)30)23-17(28)15-16(18(20,21)22)26(25-24-15)13-6-3-5-12(19)9-13/h2-10H,1H3,(H,23,28). The fourth-order valence-electron chi connectivity index (χ4n) is 2.73. The van der Waals surface area contributed by atoms with Gasteiger partial charge in [-0.3, -0.25) is 14.9 Å². The molecule has 0 radical (unpaired) electrons. The second-order valence-corrected chi connectivity index (χ2v) is 6.22. The normalized spacial score (nSPS) is 12.4. The van der Waals surface area contributed by atoms with E-state index in [4.69, 9.17) is 0 Å². The van der Waals surface area contributed by atoms with Gasteiger partial charge in [0.05, 0.1) is 16.7 Å². The van der Waals surface area contributed by atoms with Gasteiger partial charge in [0.2, 0.25) is 0 Å². The van der Waals surface area contributed by atoms with Crippen LogP contribution in [0.1, 0.15) is 34.7 Å². The lowest BCUT2D eigenvalue weighted by Crippen LogP contribution is -2.29. The van der Waals surface area contributed by atoms with E-state index in [-0.39, 0.29) is 11.4 Å². The Morgan fingerprint density at radius 3 is 2.53 bits per heavy atom. The third kappa shape index (κ3) is 4.26. The molecule has 0 spiro atoms. The van der Waals surface area contributed by atoms with Gasteiger partial charge in [-0.25, -0.2) is 9.07 Å². The molecule has 8 nitrogen and oxygen atoms in total. The highest BCUT2D eigenvalue weighted by molar-refractivity contribution is 5.93. The third-order valence-electron chi connectivity index (χ3n) is 4.14. The summed E-state index contributed by atoms with van der Waals surface area (Å²) in [7, 11) is 0. The van der Waals surface area contributed by atoms with Gasteiger partial charge in [-0.15, -0.1) is 5.10 Å². The maximum absolute atomic E-state index is 13.6. The lowest BCUT2D eigenvalue weighted by molar-refractivity contribution is -0.384. The minimum Gasteiger partial charge on any atom is -0.344 e. The number of non-ortho nitro benzene ring substituents is 1. The Kier molecular flexibility index (Phi) is 5.49. The molecule has 3 aromatic rings. The Balaban J connectivity index is 1.94. The molecule has 1 aromatic heterocycles. The van der Waals surface area contributed by atoms with E-state index in [1.54, 1.807) is 0 Å². The zero-order valence-electron chi connectivity index (χ0n) is 15.2. The minimum atomic E-state index is -5.02. The van der Waals surface area contributed by atoms with Crippen LogP contribution >= 0.6 is 0 Å². The molecule has 0 saturated heterocycles. The van der Waals surface area contributed by atoms with Crippen molar-refractivity contribution in [2.75, 3.05) is 0 Å². The topological polar surface area (TPSA) is 103 Å². The molecular formula is C18H13F4N5O3. The van der Waals surface area contributed by atoms with Crippen molar-refractivity contribution in [1.29, 1.82) is 0 Å². The van der Waals surface area contributed by atoms with Gasteiger partial charge in [0.15, 0.2) is 11.4 Å². The molecule has 0 aliphatic heterocycles. The molecular weight excluding hydrogens is 410 g/mol. The SMILES string of the molecule is CC(NC(=O)c1nnn(-c2cccc(F)c2)c1C(F)(F)F)c1cccc([N+](=O)[O-])c1. The number of halogens is 4. The van der Waals surface area contributed by atoms with E-state index in [2.05, 4.69) is 15.6 Å². The summed E-state index contributed by atoms with van der Waals surface area (Å²) >= 11 is 0. The van der Waals surface area contributed by atoms with E-state index in [1.165, 1.54) is 43.3 Å². The molecule has 0 saturated carbocycles. The predicted octanol–water partition coefficient (Wildman–Crippen LogP) is 3.82. The summed E-state index contributed by atoms with van der Waals surface area (Å²) in [5.41, 5.74) is -2.67. The first kappa shape index (κ1) is 20.9. The maximum Gasteiger partial charge on any atom is 0.435 e. The molecule has 0 fully saturated rings. The number of carbonyl (C=O) groups excluding carboxylic acids is 1. The lowest BCUT2D eigenvalue weighted by atomic mass is 10.1. The first-order valence-corrected chi connectivity index (χ1v) is 8.42. The van der Waals surface area contributed by atoms with Crippen LogP contribution < -0.4 is 5.32 Å². The number of amides is 1. The first-order valence-electron chi connectivity index (χ1n) is 8.42. The van der Waals surface area contributed by atoms with Crippen molar-refractivity contribution < 1.29 is 27.3 Å². The van der Waals surface area contributed by atoms with Gasteiger partial charge in [-0.2, -0.15) is 13.2 Å². The Hall–Kier alpha value is -3.83. The van der Waals surface area contributed by atoms with Crippen molar-refractivity contribution in [3.05, 3.63) is 81.4 Å². The van der Waals surface area contributed by atoms with Gasteiger partial charge >= 0.3 is 6.18 Å². The van der Waals surface area contributed by atoms with Gasteiger partial charge in [-0.1, -0.05) is 23.4 Å². The average molecular weight is 423 g/mol. The highest BCUT2D eigenvalue weighted by atomic mass is 19.4. The van der Waals surface area contributed by atoms with E-state index >= 15 is 0 Å². The van der Waals surface area contributed by atoms with Gasteiger partial charge in [0, 0.05) is 12.1 Å². The van der Waals surface area contributed by atoms with Crippen LogP contribution in [0.25, 0.3) is 5.69 Å². The highest BCUT2D eigenvalue weighted by Crippen LogP contribution is 2.33. The highest BCUT2D eigenvalue weighted by Gasteiger charge is 2.42. The Bertz CT molecular complexity index is 1110. The first-order chi connectivity index (χ1) is 14.1. The van der Waals surface area contributed by atoms with E-state index in [1.807, 2.05) is 0 Å². The van der Waals surface area contributed by atoms with E-state index in [0.717, 1.165) is 12.1 Å². The van der Waals surface area contributed by atoms with Crippen molar-refractivity contribution in [2.24, 2.45) is 0 Å². The van der Waals surface area contributed by atoms with Gasteiger partial charge in [0.1, 0.15) is 5.82 Å². The fraction of sp³-hybridized carbons (Fsp3) is 0.167. The Morgan fingerprint density at radius 2 is 1.90 bits per heavy atom. The van der Waals surface area contributed by atoms with Crippen molar-refractivity contribution >= 4 is 11.6 Å². The van der Waals surface area contributed by atoms with Gasteiger partial charge < -0.3 is 5.32 Å². The molecule has 1 atom stereocenters. The Labute approximate surface area is 166 Å². The second kappa shape index (κ2) is 7.89. The molecule has 1 unspecified atom stereocenters. The zero-order chi connectivity index (χ0) is 22.1. The van der Waals surface area contributed by atoms with Crippen LogP contribution in [0.4, 0.5) is 23.2 Å². The van der Waals surface area contributed by atoms with E-state index in [9.17, 15) is 32.5 Å². The minimum absolute atomic E-state index is 0.235. The van der Waals surface area contributed by atoms with Crippen LogP contribution in [0.15, 0.2) is 48.5 Å². The van der Waals surface area contributed by atoms with E-state index < -0.39 is 40.3 Å². The lowest BCUT2D eigenvalue weighted by Gasteiger charge is -2.15. The van der Waals surface area contributed by atoms with Crippen LogP contribution in [0.5, 0.6) is 0 Å². The number of hydrogen-bond donors (Lipinski definition) is 1. The molecule has 1 heterocycles. The summed E-state index contributed by atoms with van der Waals surface area (Å²) in [6, 6.07) is 8.67. The predicted molar refractivity (Wildman–Crippen MR) is 95.3 cm³/mol. The summed E-state index contributed by atoms with van der Waals surface area (Å²) in [5.74, 6) is -1.98. The number of nitro benzene ring substituents is 1.